The minimum Gasteiger partial charge on any atom is -0.392 e. The van der Waals surface area contributed by atoms with Crippen LogP contribution in [0.2, 0.25) is 0 Å². The zero-order valence-corrected chi connectivity index (χ0v) is 12.8. The highest BCUT2D eigenvalue weighted by molar-refractivity contribution is 5.13. The van der Waals surface area contributed by atoms with Crippen molar-refractivity contribution in [1.82, 2.24) is 5.32 Å². The number of aliphatic hydroxyl groups excluding tert-OH is 1. The smallest absolute Gasteiger partial charge is 0.0691 e. The van der Waals surface area contributed by atoms with E-state index in [1.165, 1.54) is 0 Å². The first-order valence-electron chi connectivity index (χ1n) is 7.83. The molecule has 0 bridgehead atoms. The Labute approximate surface area is 124 Å². The lowest BCUT2D eigenvalue weighted by Gasteiger charge is -2.31. The fourth-order valence-electron chi connectivity index (χ4n) is 2.26. The van der Waals surface area contributed by atoms with Crippen LogP contribution >= 0.6 is 0 Å². The first-order chi connectivity index (χ1) is 9.74. The molecule has 0 spiro atoms. The summed E-state index contributed by atoms with van der Waals surface area (Å²) in [5.41, 5.74) is 0. The Kier molecular flexibility index (Phi) is 9.01. The van der Waals surface area contributed by atoms with Crippen LogP contribution in [0.5, 0.6) is 0 Å². The van der Waals surface area contributed by atoms with E-state index in [-0.39, 0.29) is 12.1 Å². The number of nitrogens with one attached hydrogen (secondary N) is 1. The van der Waals surface area contributed by atoms with Crippen LogP contribution in [0.4, 0.5) is 0 Å². The Bertz CT molecular complexity index is 354. The molecule has 1 rings (SSSR count). The lowest BCUT2D eigenvalue weighted by atomic mass is 9.96. The van der Waals surface area contributed by atoms with Crippen LogP contribution < -0.4 is 5.32 Å². The predicted octanol–water partition coefficient (Wildman–Crippen LogP) is 3.90. The average molecular weight is 275 g/mol. The summed E-state index contributed by atoms with van der Waals surface area (Å²) >= 11 is 0. The average Bonchev–Trinajstić information content (AvgIpc) is 2.45. The van der Waals surface area contributed by atoms with Crippen molar-refractivity contribution in [2.75, 3.05) is 0 Å². The number of hydrogen-bond acceptors (Lipinski definition) is 2. The van der Waals surface area contributed by atoms with E-state index in [9.17, 15) is 5.11 Å². The van der Waals surface area contributed by atoms with Gasteiger partial charge in [-0.15, -0.1) is 0 Å². The van der Waals surface area contributed by atoms with E-state index in [2.05, 4.69) is 60.8 Å². The zero-order valence-electron chi connectivity index (χ0n) is 12.8. The van der Waals surface area contributed by atoms with Gasteiger partial charge in [0.25, 0.3) is 0 Å². The van der Waals surface area contributed by atoms with E-state index in [0.29, 0.717) is 6.04 Å². The Hall–Kier alpha value is -1.12. The van der Waals surface area contributed by atoms with Crippen LogP contribution in [0.3, 0.4) is 0 Å². The monoisotopic (exact) mass is 275 g/mol. The summed E-state index contributed by atoms with van der Waals surface area (Å²) in [6, 6.07) is 0.583. The van der Waals surface area contributed by atoms with Crippen LogP contribution in [-0.2, 0) is 0 Å². The van der Waals surface area contributed by atoms with Crippen LogP contribution in [-0.4, -0.2) is 23.3 Å². The lowest BCUT2D eigenvalue weighted by molar-refractivity contribution is 0.0943. The SMILES string of the molecule is CCC=CCCC=CC=CC=CC1CCC(O)C(C)N1. The molecular weight excluding hydrogens is 246 g/mol. The fraction of sp³-hybridized carbons (Fsp3) is 0.556. The molecule has 0 aliphatic carbocycles. The Morgan fingerprint density at radius 1 is 1.00 bits per heavy atom. The quantitative estimate of drug-likeness (QED) is 0.419. The minimum atomic E-state index is -0.195. The van der Waals surface area contributed by atoms with Gasteiger partial charge in [-0.25, -0.2) is 0 Å². The maximum atomic E-state index is 9.63. The van der Waals surface area contributed by atoms with Gasteiger partial charge in [0.2, 0.25) is 0 Å². The molecule has 2 nitrogen and oxygen atoms in total. The molecule has 3 atom stereocenters. The second kappa shape index (κ2) is 10.6. The third-order valence-electron chi connectivity index (χ3n) is 3.54. The molecule has 1 heterocycles. The molecule has 1 aliphatic heterocycles. The van der Waals surface area contributed by atoms with Crippen molar-refractivity contribution >= 4 is 0 Å². The molecule has 1 aliphatic rings. The molecule has 2 heteroatoms. The Morgan fingerprint density at radius 2 is 1.75 bits per heavy atom. The summed E-state index contributed by atoms with van der Waals surface area (Å²) < 4.78 is 0. The molecule has 0 aromatic rings. The van der Waals surface area contributed by atoms with Crippen LogP contribution in [0.15, 0.2) is 48.6 Å². The molecule has 2 N–H and O–H groups in total. The van der Waals surface area contributed by atoms with Gasteiger partial charge in [0.1, 0.15) is 0 Å². The number of rotatable bonds is 7. The molecule has 0 aromatic heterocycles. The second-order valence-corrected chi connectivity index (χ2v) is 5.36. The van der Waals surface area contributed by atoms with Crippen molar-refractivity contribution in [2.24, 2.45) is 0 Å². The highest BCUT2D eigenvalue weighted by Gasteiger charge is 2.22. The van der Waals surface area contributed by atoms with Gasteiger partial charge in [-0.3, -0.25) is 0 Å². The van der Waals surface area contributed by atoms with E-state index in [1.807, 2.05) is 6.92 Å². The van der Waals surface area contributed by atoms with Crippen molar-refractivity contribution in [3.63, 3.8) is 0 Å². The summed E-state index contributed by atoms with van der Waals surface area (Å²) in [5.74, 6) is 0. The van der Waals surface area contributed by atoms with Gasteiger partial charge in [0.15, 0.2) is 0 Å². The zero-order chi connectivity index (χ0) is 14.6. The number of allylic oxidation sites excluding steroid dienone is 7. The highest BCUT2D eigenvalue weighted by atomic mass is 16.3. The van der Waals surface area contributed by atoms with Gasteiger partial charge >= 0.3 is 0 Å². The summed E-state index contributed by atoms with van der Waals surface area (Å²) in [7, 11) is 0. The van der Waals surface area contributed by atoms with Gasteiger partial charge in [-0.05, 0) is 39.0 Å². The van der Waals surface area contributed by atoms with Crippen molar-refractivity contribution in [3.8, 4) is 0 Å². The molecule has 0 radical (unpaired) electrons. The number of hydrogen-bond donors (Lipinski definition) is 2. The number of unbranched alkanes of at least 4 members (excludes halogenated alkanes) is 1. The van der Waals surface area contributed by atoms with E-state index >= 15 is 0 Å². The van der Waals surface area contributed by atoms with Gasteiger partial charge in [0.05, 0.1) is 6.10 Å². The van der Waals surface area contributed by atoms with Crippen molar-refractivity contribution < 1.29 is 5.11 Å². The van der Waals surface area contributed by atoms with Gasteiger partial charge in [-0.1, -0.05) is 55.5 Å². The lowest BCUT2D eigenvalue weighted by Crippen LogP contribution is -2.47. The third-order valence-corrected chi connectivity index (χ3v) is 3.54. The molecule has 1 saturated heterocycles. The summed E-state index contributed by atoms with van der Waals surface area (Å²) in [5, 5.41) is 13.0. The number of piperidine rings is 1. The number of aliphatic hydroxyl groups is 1. The fourth-order valence-corrected chi connectivity index (χ4v) is 2.26. The standard InChI is InChI=1S/C18H29NO/c1-3-4-5-6-7-8-9-10-11-12-13-17-14-15-18(20)16(2)19-17/h4-5,8-13,16-20H,3,6-7,14-15H2,1-2H3. The summed E-state index contributed by atoms with van der Waals surface area (Å²) in [6.45, 7) is 4.19. The molecule has 1 fully saturated rings. The van der Waals surface area contributed by atoms with E-state index in [0.717, 1.165) is 32.1 Å². The Balaban J connectivity index is 2.15. The predicted molar refractivity (Wildman–Crippen MR) is 87.7 cm³/mol. The van der Waals surface area contributed by atoms with E-state index in [1.54, 1.807) is 0 Å². The molecule has 20 heavy (non-hydrogen) atoms. The molecular formula is C18H29NO. The van der Waals surface area contributed by atoms with Gasteiger partial charge in [0, 0.05) is 12.1 Å². The van der Waals surface area contributed by atoms with E-state index in [4.69, 9.17) is 0 Å². The van der Waals surface area contributed by atoms with Crippen LogP contribution in [0, 0.1) is 0 Å². The van der Waals surface area contributed by atoms with Crippen molar-refractivity contribution in [2.45, 2.75) is 64.1 Å². The molecule has 0 amide bonds. The normalized spacial score (nSPS) is 28.4. The van der Waals surface area contributed by atoms with Crippen LogP contribution in [0.25, 0.3) is 0 Å². The maximum Gasteiger partial charge on any atom is 0.0691 e. The van der Waals surface area contributed by atoms with Gasteiger partial charge in [-0.2, -0.15) is 0 Å². The highest BCUT2D eigenvalue weighted by Crippen LogP contribution is 2.13. The summed E-state index contributed by atoms with van der Waals surface area (Å²) in [6.07, 6.45) is 22.2. The van der Waals surface area contributed by atoms with Crippen molar-refractivity contribution in [3.05, 3.63) is 48.6 Å². The van der Waals surface area contributed by atoms with Crippen molar-refractivity contribution in [1.29, 1.82) is 0 Å². The third kappa shape index (κ3) is 7.46. The van der Waals surface area contributed by atoms with Gasteiger partial charge < -0.3 is 10.4 Å². The first-order valence-corrected chi connectivity index (χ1v) is 7.83. The first kappa shape index (κ1) is 16.9. The summed E-state index contributed by atoms with van der Waals surface area (Å²) in [4.78, 5) is 0. The molecule has 3 unspecified atom stereocenters. The van der Waals surface area contributed by atoms with Crippen LogP contribution in [0.1, 0.15) is 46.0 Å². The molecule has 0 saturated carbocycles. The maximum absolute atomic E-state index is 9.63. The second-order valence-electron chi connectivity index (χ2n) is 5.36. The molecule has 0 aromatic carbocycles. The minimum absolute atomic E-state index is 0.193. The Morgan fingerprint density at radius 3 is 2.50 bits per heavy atom. The topological polar surface area (TPSA) is 32.3 Å². The molecule has 112 valence electrons. The largest absolute Gasteiger partial charge is 0.392 e. The van der Waals surface area contributed by atoms with E-state index < -0.39 is 0 Å².